The summed E-state index contributed by atoms with van der Waals surface area (Å²) in [6.07, 6.45) is 0.0881. The van der Waals surface area contributed by atoms with Crippen molar-refractivity contribution < 1.29 is 23.1 Å². The zero-order chi connectivity index (χ0) is 15.9. The summed E-state index contributed by atoms with van der Waals surface area (Å²) in [6.45, 7) is 1.97. The first-order chi connectivity index (χ1) is 9.85. The van der Waals surface area contributed by atoms with Crippen LogP contribution in [-0.4, -0.2) is 45.0 Å². The number of nitrogens with one attached hydrogen (secondary N) is 1. The van der Waals surface area contributed by atoms with Crippen molar-refractivity contribution in [1.29, 1.82) is 0 Å². The fraction of sp³-hybridized carbons (Fsp3) is 0.500. The minimum absolute atomic E-state index is 0.0881. The molecule has 0 amide bonds. The molecular weight excluding hydrogens is 294 g/mol. The average molecular weight is 315 g/mol. The molecule has 0 fully saturated rings. The third-order valence-corrected chi connectivity index (χ3v) is 4.65. The molecule has 0 aliphatic heterocycles. The van der Waals surface area contributed by atoms with Crippen molar-refractivity contribution in [1.82, 2.24) is 4.72 Å². The summed E-state index contributed by atoms with van der Waals surface area (Å²) in [6, 6.07) is 8.06. The summed E-state index contributed by atoms with van der Waals surface area (Å²) in [5, 5.41) is 9.03. The van der Waals surface area contributed by atoms with Crippen molar-refractivity contribution in [3.63, 3.8) is 0 Å². The standard InChI is InChI=1S/C14H21NO5S/c1-11(12-6-4-3-5-7-12)10-21(18,19)15-13(14(16)17)8-9-20-2/h3-7,11,13,15H,8-10H2,1-2H3,(H,16,17). The number of carbonyl (C=O) groups is 1. The predicted molar refractivity (Wildman–Crippen MR) is 79.7 cm³/mol. The second-order valence-corrected chi connectivity index (χ2v) is 6.68. The number of hydrogen-bond donors (Lipinski definition) is 2. The van der Waals surface area contributed by atoms with Gasteiger partial charge in [-0.2, -0.15) is 0 Å². The molecule has 0 heterocycles. The van der Waals surface area contributed by atoms with Crippen molar-refractivity contribution in [3.05, 3.63) is 35.9 Å². The van der Waals surface area contributed by atoms with E-state index in [1.165, 1.54) is 7.11 Å². The van der Waals surface area contributed by atoms with Crippen LogP contribution in [0.5, 0.6) is 0 Å². The molecule has 0 aliphatic carbocycles. The predicted octanol–water partition coefficient (Wildman–Crippen LogP) is 1.20. The molecular formula is C14H21NO5S. The summed E-state index contributed by atoms with van der Waals surface area (Å²) < 4.78 is 31.2. The van der Waals surface area contributed by atoms with Gasteiger partial charge in [0.05, 0.1) is 5.75 Å². The monoisotopic (exact) mass is 315 g/mol. The lowest BCUT2D eigenvalue weighted by Gasteiger charge is -2.17. The summed E-state index contributed by atoms with van der Waals surface area (Å²) in [7, 11) is -2.25. The largest absolute Gasteiger partial charge is 0.480 e. The quantitative estimate of drug-likeness (QED) is 0.714. The van der Waals surface area contributed by atoms with Gasteiger partial charge in [-0.05, 0) is 17.9 Å². The molecule has 2 unspecified atom stereocenters. The van der Waals surface area contributed by atoms with Crippen LogP contribution in [0.2, 0.25) is 0 Å². The van der Waals surface area contributed by atoms with Crippen LogP contribution in [0.1, 0.15) is 24.8 Å². The zero-order valence-electron chi connectivity index (χ0n) is 12.2. The lowest BCUT2D eigenvalue weighted by atomic mass is 10.0. The lowest BCUT2D eigenvalue weighted by molar-refractivity contribution is -0.139. The van der Waals surface area contributed by atoms with Crippen LogP contribution >= 0.6 is 0 Å². The smallest absolute Gasteiger partial charge is 0.321 e. The minimum Gasteiger partial charge on any atom is -0.480 e. The van der Waals surface area contributed by atoms with Gasteiger partial charge in [0, 0.05) is 13.7 Å². The molecule has 6 nitrogen and oxygen atoms in total. The number of carboxylic acids is 1. The first-order valence-corrected chi connectivity index (χ1v) is 8.27. The van der Waals surface area contributed by atoms with E-state index < -0.39 is 22.0 Å². The topological polar surface area (TPSA) is 92.7 Å². The normalized spacial score (nSPS) is 14.6. The van der Waals surface area contributed by atoms with E-state index in [1.807, 2.05) is 30.3 Å². The number of ether oxygens (including phenoxy) is 1. The van der Waals surface area contributed by atoms with Gasteiger partial charge in [0.15, 0.2) is 0 Å². The molecule has 0 saturated carbocycles. The zero-order valence-corrected chi connectivity index (χ0v) is 13.0. The second-order valence-electron chi connectivity index (χ2n) is 4.88. The van der Waals surface area contributed by atoms with E-state index in [2.05, 4.69) is 4.72 Å². The van der Waals surface area contributed by atoms with Crippen LogP contribution in [0.15, 0.2) is 30.3 Å². The van der Waals surface area contributed by atoms with Crippen LogP contribution in [0.25, 0.3) is 0 Å². The average Bonchev–Trinajstić information content (AvgIpc) is 2.43. The molecule has 0 aliphatic rings. The maximum atomic E-state index is 12.1. The number of hydrogen-bond acceptors (Lipinski definition) is 4. The maximum absolute atomic E-state index is 12.1. The van der Waals surface area contributed by atoms with Gasteiger partial charge in [-0.1, -0.05) is 37.3 Å². The van der Waals surface area contributed by atoms with Crippen molar-refractivity contribution in [2.75, 3.05) is 19.5 Å². The molecule has 0 saturated heterocycles. The highest BCUT2D eigenvalue weighted by atomic mass is 32.2. The highest BCUT2D eigenvalue weighted by Gasteiger charge is 2.25. The van der Waals surface area contributed by atoms with E-state index in [9.17, 15) is 13.2 Å². The molecule has 1 rings (SSSR count). The molecule has 1 aromatic carbocycles. The Morgan fingerprint density at radius 3 is 2.48 bits per heavy atom. The van der Waals surface area contributed by atoms with Gasteiger partial charge in [-0.25, -0.2) is 13.1 Å². The molecule has 118 valence electrons. The molecule has 0 bridgehead atoms. The van der Waals surface area contributed by atoms with Gasteiger partial charge in [-0.3, -0.25) is 4.79 Å². The van der Waals surface area contributed by atoms with Crippen molar-refractivity contribution >= 4 is 16.0 Å². The SMILES string of the molecule is COCCC(NS(=O)(=O)CC(C)c1ccccc1)C(=O)O. The Labute approximate surface area is 125 Å². The molecule has 21 heavy (non-hydrogen) atoms. The van der Waals surface area contributed by atoms with Crippen LogP contribution in [0.4, 0.5) is 0 Å². The Kier molecular flexibility index (Phi) is 6.80. The molecule has 0 aromatic heterocycles. The van der Waals surface area contributed by atoms with Crippen LogP contribution in [0, 0.1) is 0 Å². The number of sulfonamides is 1. The van der Waals surface area contributed by atoms with Gasteiger partial charge in [0.1, 0.15) is 6.04 Å². The first kappa shape index (κ1) is 17.6. The van der Waals surface area contributed by atoms with Gasteiger partial charge in [0.25, 0.3) is 0 Å². The Hall–Kier alpha value is -1.44. The number of carboxylic acid groups (broad SMARTS) is 1. The molecule has 2 N–H and O–H groups in total. The third kappa shape index (κ3) is 6.24. The van der Waals surface area contributed by atoms with E-state index in [1.54, 1.807) is 6.92 Å². The number of rotatable bonds is 9. The Bertz CT molecular complexity index is 544. The van der Waals surface area contributed by atoms with E-state index in [0.717, 1.165) is 5.56 Å². The maximum Gasteiger partial charge on any atom is 0.321 e. The highest BCUT2D eigenvalue weighted by Crippen LogP contribution is 2.16. The summed E-state index contributed by atoms with van der Waals surface area (Å²) in [5.74, 6) is -1.59. The van der Waals surface area contributed by atoms with Crippen molar-refractivity contribution in [3.8, 4) is 0 Å². The minimum atomic E-state index is -3.69. The fourth-order valence-corrected chi connectivity index (χ4v) is 3.54. The van der Waals surface area contributed by atoms with Crippen molar-refractivity contribution in [2.24, 2.45) is 0 Å². The molecule has 0 radical (unpaired) electrons. The first-order valence-electron chi connectivity index (χ1n) is 6.62. The number of benzene rings is 1. The lowest BCUT2D eigenvalue weighted by Crippen LogP contribution is -2.43. The fourth-order valence-electron chi connectivity index (χ4n) is 1.94. The molecule has 0 spiro atoms. The Morgan fingerprint density at radius 2 is 1.95 bits per heavy atom. The second kappa shape index (κ2) is 8.11. The van der Waals surface area contributed by atoms with Crippen molar-refractivity contribution in [2.45, 2.75) is 25.3 Å². The van der Waals surface area contributed by atoms with Gasteiger partial charge in [0.2, 0.25) is 10.0 Å². The number of aliphatic carboxylic acids is 1. The van der Waals surface area contributed by atoms with Gasteiger partial charge >= 0.3 is 5.97 Å². The summed E-state index contributed by atoms with van der Waals surface area (Å²) >= 11 is 0. The van der Waals surface area contributed by atoms with E-state index in [0.29, 0.717) is 0 Å². The van der Waals surface area contributed by atoms with E-state index in [4.69, 9.17) is 9.84 Å². The van der Waals surface area contributed by atoms with E-state index >= 15 is 0 Å². The molecule has 2 atom stereocenters. The molecule has 1 aromatic rings. The van der Waals surface area contributed by atoms with Gasteiger partial charge in [-0.15, -0.1) is 0 Å². The van der Waals surface area contributed by atoms with Crippen LogP contribution in [0.3, 0.4) is 0 Å². The summed E-state index contributed by atoms with van der Waals surface area (Å²) in [4.78, 5) is 11.1. The highest BCUT2D eigenvalue weighted by molar-refractivity contribution is 7.89. The summed E-state index contributed by atoms with van der Waals surface area (Å²) in [5.41, 5.74) is 0.895. The number of methoxy groups -OCH3 is 1. The third-order valence-electron chi connectivity index (χ3n) is 3.07. The molecule has 7 heteroatoms. The Morgan fingerprint density at radius 1 is 1.33 bits per heavy atom. The van der Waals surface area contributed by atoms with Crippen LogP contribution < -0.4 is 4.72 Å². The Balaban J connectivity index is 2.69. The van der Waals surface area contributed by atoms with Gasteiger partial charge < -0.3 is 9.84 Å². The van der Waals surface area contributed by atoms with E-state index in [-0.39, 0.29) is 24.7 Å². The van der Waals surface area contributed by atoms with Crippen LogP contribution in [-0.2, 0) is 19.6 Å².